The molecule has 0 amide bonds. The highest BCUT2D eigenvalue weighted by Gasteiger charge is 2.29. The maximum atomic E-state index is 11.8. The second kappa shape index (κ2) is 5.00. The molecule has 0 aromatic heterocycles. The smallest absolute Gasteiger partial charge is 0.309 e. The van der Waals surface area contributed by atoms with E-state index in [9.17, 15) is 4.79 Å². The fraction of sp³-hybridized carbons (Fsp3) is 0.923. The molecule has 1 fully saturated rings. The van der Waals surface area contributed by atoms with Crippen molar-refractivity contribution in [2.45, 2.75) is 65.4 Å². The predicted octanol–water partition coefficient (Wildman–Crippen LogP) is 3.54. The third-order valence-corrected chi connectivity index (χ3v) is 3.14. The van der Waals surface area contributed by atoms with Crippen molar-refractivity contribution in [3.63, 3.8) is 0 Å². The average Bonchev–Trinajstić information content (AvgIpc) is 2.15. The second-order valence-electron chi connectivity index (χ2n) is 5.72. The van der Waals surface area contributed by atoms with Crippen LogP contribution in [0.3, 0.4) is 0 Å². The molecule has 0 radical (unpaired) electrons. The second-order valence-corrected chi connectivity index (χ2v) is 5.72. The van der Waals surface area contributed by atoms with E-state index in [4.69, 9.17) is 4.74 Å². The van der Waals surface area contributed by atoms with Crippen LogP contribution in [0.1, 0.15) is 59.8 Å². The molecule has 0 unspecified atom stereocenters. The van der Waals surface area contributed by atoms with Crippen LogP contribution in [0.15, 0.2) is 0 Å². The molecule has 0 aromatic rings. The number of ether oxygens (including phenoxy) is 1. The quantitative estimate of drug-likeness (QED) is 0.654. The minimum atomic E-state index is -0.347. The summed E-state index contributed by atoms with van der Waals surface area (Å²) >= 11 is 0. The van der Waals surface area contributed by atoms with E-state index in [0.29, 0.717) is 5.92 Å². The van der Waals surface area contributed by atoms with Crippen molar-refractivity contribution in [1.29, 1.82) is 0 Å². The highest BCUT2D eigenvalue weighted by atomic mass is 16.6. The van der Waals surface area contributed by atoms with Crippen molar-refractivity contribution in [1.82, 2.24) is 0 Å². The average molecular weight is 212 g/mol. The summed E-state index contributed by atoms with van der Waals surface area (Å²) in [6, 6.07) is 0. The Balaban J connectivity index is 2.44. The van der Waals surface area contributed by atoms with Gasteiger partial charge < -0.3 is 4.74 Å². The zero-order valence-corrected chi connectivity index (χ0v) is 10.5. The monoisotopic (exact) mass is 212 g/mol. The van der Waals surface area contributed by atoms with Gasteiger partial charge in [0.15, 0.2) is 0 Å². The van der Waals surface area contributed by atoms with Gasteiger partial charge in [0.2, 0.25) is 0 Å². The molecule has 2 heteroatoms. The Morgan fingerprint density at radius 3 is 2.20 bits per heavy atom. The van der Waals surface area contributed by atoms with Crippen LogP contribution in [0.25, 0.3) is 0 Å². The zero-order valence-electron chi connectivity index (χ0n) is 10.5. The standard InChI is InChI=1S/C13H24O2/c1-10(11-8-6-5-7-9-11)12(14)15-13(2,3)4/h10-11H,5-9H2,1-4H3/t10-/m0/s1. The van der Waals surface area contributed by atoms with Gasteiger partial charge in [-0.15, -0.1) is 0 Å². The Bertz CT molecular complexity index is 209. The predicted molar refractivity (Wildman–Crippen MR) is 61.6 cm³/mol. The Hall–Kier alpha value is -0.530. The summed E-state index contributed by atoms with van der Waals surface area (Å²) in [5, 5.41) is 0. The number of carbonyl (C=O) groups excluding carboxylic acids is 1. The normalized spacial score (nSPS) is 21.1. The lowest BCUT2D eigenvalue weighted by Crippen LogP contribution is -2.31. The highest BCUT2D eigenvalue weighted by Crippen LogP contribution is 2.31. The van der Waals surface area contributed by atoms with Gasteiger partial charge in [-0.2, -0.15) is 0 Å². The number of hydrogen-bond acceptors (Lipinski definition) is 2. The lowest BCUT2D eigenvalue weighted by molar-refractivity contribution is -0.161. The van der Waals surface area contributed by atoms with Crippen LogP contribution in [0, 0.1) is 11.8 Å². The topological polar surface area (TPSA) is 26.3 Å². The number of esters is 1. The first-order valence-electron chi connectivity index (χ1n) is 6.13. The van der Waals surface area contributed by atoms with Gasteiger partial charge in [-0.05, 0) is 39.5 Å². The SMILES string of the molecule is C[C@H](C(=O)OC(C)(C)C)C1CCCCC1. The van der Waals surface area contributed by atoms with E-state index in [-0.39, 0.29) is 17.5 Å². The highest BCUT2D eigenvalue weighted by molar-refractivity contribution is 5.72. The first-order chi connectivity index (χ1) is 6.90. The van der Waals surface area contributed by atoms with Gasteiger partial charge in [-0.3, -0.25) is 4.79 Å². The molecule has 15 heavy (non-hydrogen) atoms. The maximum Gasteiger partial charge on any atom is 0.309 e. The van der Waals surface area contributed by atoms with Crippen molar-refractivity contribution < 1.29 is 9.53 Å². The number of carbonyl (C=O) groups is 1. The molecule has 88 valence electrons. The van der Waals surface area contributed by atoms with E-state index in [1.807, 2.05) is 27.7 Å². The molecule has 0 heterocycles. The van der Waals surface area contributed by atoms with Crippen LogP contribution >= 0.6 is 0 Å². The van der Waals surface area contributed by atoms with Crippen molar-refractivity contribution in [2.24, 2.45) is 11.8 Å². The third-order valence-electron chi connectivity index (χ3n) is 3.14. The van der Waals surface area contributed by atoms with E-state index < -0.39 is 0 Å². The largest absolute Gasteiger partial charge is 0.460 e. The fourth-order valence-electron chi connectivity index (χ4n) is 2.22. The van der Waals surface area contributed by atoms with Gasteiger partial charge in [0.25, 0.3) is 0 Å². The molecule has 0 N–H and O–H groups in total. The summed E-state index contributed by atoms with van der Waals surface area (Å²) in [6.07, 6.45) is 6.27. The van der Waals surface area contributed by atoms with Crippen molar-refractivity contribution >= 4 is 5.97 Å². The Labute approximate surface area is 93.4 Å². The van der Waals surface area contributed by atoms with Gasteiger partial charge >= 0.3 is 5.97 Å². The maximum absolute atomic E-state index is 11.8. The molecule has 2 nitrogen and oxygen atoms in total. The molecule has 1 rings (SSSR count). The van der Waals surface area contributed by atoms with E-state index in [1.165, 1.54) is 32.1 Å². The number of hydrogen-bond donors (Lipinski definition) is 0. The molecule has 0 bridgehead atoms. The minimum absolute atomic E-state index is 0.0191. The van der Waals surface area contributed by atoms with Gasteiger partial charge in [0.1, 0.15) is 5.60 Å². The van der Waals surface area contributed by atoms with Crippen LogP contribution in [0.4, 0.5) is 0 Å². The van der Waals surface area contributed by atoms with E-state index in [1.54, 1.807) is 0 Å². The van der Waals surface area contributed by atoms with E-state index in [0.717, 1.165) is 0 Å². The van der Waals surface area contributed by atoms with Crippen LogP contribution in [0.5, 0.6) is 0 Å². The molecular weight excluding hydrogens is 188 g/mol. The molecule has 0 saturated heterocycles. The Morgan fingerprint density at radius 2 is 1.73 bits per heavy atom. The number of rotatable bonds is 2. The molecule has 0 aromatic carbocycles. The molecule has 1 aliphatic rings. The zero-order chi connectivity index (χ0) is 11.5. The molecule has 1 saturated carbocycles. The molecule has 0 spiro atoms. The van der Waals surface area contributed by atoms with Gasteiger partial charge in [-0.1, -0.05) is 26.2 Å². The van der Waals surface area contributed by atoms with Crippen LogP contribution in [0.2, 0.25) is 0 Å². The summed E-state index contributed by atoms with van der Waals surface area (Å²) in [5.41, 5.74) is -0.347. The third kappa shape index (κ3) is 4.23. The summed E-state index contributed by atoms with van der Waals surface area (Å²) < 4.78 is 5.41. The Morgan fingerprint density at radius 1 is 1.20 bits per heavy atom. The van der Waals surface area contributed by atoms with Crippen molar-refractivity contribution in [3.8, 4) is 0 Å². The van der Waals surface area contributed by atoms with E-state index in [2.05, 4.69) is 0 Å². The van der Waals surface area contributed by atoms with Gasteiger partial charge in [-0.25, -0.2) is 0 Å². The fourth-order valence-corrected chi connectivity index (χ4v) is 2.22. The van der Waals surface area contributed by atoms with Crippen LogP contribution < -0.4 is 0 Å². The summed E-state index contributed by atoms with van der Waals surface area (Å²) in [6.45, 7) is 7.81. The summed E-state index contributed by atoms with van der Waals surface area (Å²) in [4.78, 5) is 11.8. The van der Waals surface area contributed by atoms with Gasteiger partial charge in [0, 0.05) is 0 Å². The van der Waals surface area contributed by atoms with Crippen LogP contribution in [-0.4, -0.2) is 11.6 Å². The summed E-state index contributed by atoms with van der Waals surface area (Å²) in [7, 11) is 0. The van der Waals surface area contributed by atoms with Crippen molar-refractivity contribution in [3.05, 3.63) is 0 Å². The molecule has 0 aliphatic heterocycles. The summed E-state index contributed by atoms with van der Waals surface area (Å²) in [5.74, 6) is 0.604. The lowest BCUT2D eigenvalue weighted by atomic mass is 9.81. The first kappa shape index (κ1) is 12.5. The van der Waals surface area contributed by atoms with Crippen LogP contribution in [-0.2, 0) is 9.53 Å². The van der Waals surface area contributed by atoms with Gasteiger partial charge in [0.05, 0.1) is 5.92 Å². The van der Waals surface area contributed by atoms with Crippen molar-refractivity contribution in [2.75, 3.05) is 0 Å². The molecule has 1 atom stereocenters. The molecule has 1 aliphatic carbocycles. The minimum Gasteiger partial charge on any atom is -0.460 e. The van der Waals surface area contributed by atoms with E-state index >= 15 is 0 Å². The molecular formula is C13H24O2. The lowest BCUT2D eigenvalue weighted by Gasteiger charge is -2.29. The first-order valence-corrected chi connectivity index (χ1v) is 6.13. The Kier molecular flexibility index (Phi) is 4.18.